The summed E-state index contributed by atoms with van der Waals surface area (Å²) in [7, 11) is 0. The summed E-state index contributed by atoms with van der Waals surface area (Å²) >= 11 is 6.17. The van der Waals surface area contributed by atoms with E-state index in [1.807, 2.05) is 0 Å². The van der Waals surface area contributed by atoms with E-state index >= 15 is 0 Å². The molecule has 2 aromatic rings. The van der Waals surface area contributed by atoms with E-state index in [-0.39, 0.29) is 16.9 Å². The smallest absolute Gasteiger partial charge is 0.295 e. The zero-order valence-electron chi connectivity index (χ0n) is 17.0. The number of rotatable bonds is 7. The van der Waals surface area contributed by atoms with Gasteiger partial charge in [0.15, 0.2) is 0 Å². The van der Waals surface area contributed by atoms with Crippen molar-refractivity contribution in [3.8, 4) is 0 Å². The lowest BCUT2D eigenvalue weighted by molar-refractivity contribution is -0.895. The van der Waals surface area contributed by atoms with Crippen LogP contribution in [0.1, 0.15) is 31.0 Å². The molecule has 2 N–H and O–H groups in total. The van der Waals surface area contributed by atoms with Gasteiger partial charge in [0, 0.05) is 10.6 Å². The number of likely N-dealkylation sites (N-methyl/N-ethyl adjacent to an activating group) is 1. The molecule has 1 fully saturated rings. The number of carbonyl (C=O) groups is 2. The average molecular weight is 432 g/mol. The molecule has 0 bridgehead atoms. The molecular formula is C23H25ClFN2O3+. The van der Waals surface area contributed by atoms with Crippen LogP contribution < -0.4 is 4.90 Å². The van der Waals surface area contributed by atoms with Crippen LogP contribution >= 0.6 is 11.6 Å². The Kier molecular flexibility index (Phi) is 6.90. The minimum absolute atomic E-state index is 0.0107. The first kappa shape index (κ1) is 22.0. The van der Waals surface area contributed by atoms with Crippen molar-refractivity contribution in [1.82, 2.24) is 4.90 Å². The molecule has 1 aliphatic heterocycles. The Morgan fingerprint density at radius 3 is 2.40 bits per heavy atom. The third-order valence-electron chi connectivity index (χ3n) is 5.53. The SMILES string of the molecule is CC[NH+](CC)CCN1C(=O)C(=O)C(=C(O)c2ccc(F)cc2)[C@@H]1c1cccc(Cl)c1. The van der Waals surface area contributed by atoms with Gasteiger partial charge in [-0.2, -0.15) is 0 Å². The van der Waals surface area contributed by atoms with Crippen LogP contribution in [0.25, 0.3) is 5.76 Å². The minimum Gasteiger partial charge on any atom is -0.507 e. The second-order valence-corrected chi connectivity index (χ2v) is 7.70. The number of aliphatic hydroxyl groups excluding tert-OH is 1. The summed E-state index contributed by atoms with van der Waals surface area (Å²) in [4.78, 5) is 28.6. The summed E-state index contributed by atoms with van der Waals surface area (Å²) in [5.74, 6) is -2.19. The van der Waals surface area contributed by atoms with Gasteiger partial charge in [-0.05, 0) is 55.8 Å². The lowest BCUT2D eigenvalue weighted by Crippen LogP contribution is -3.12. The normalized spacial score (nSPS) is 18.4. The molecule has 0 unspecified atom stereocenters. The summed E-state index contributed by atoms with van der Waals surface area (Å²) in [5, 5.41) is 11.4. The van der Waals surface area contributed by atoms with Gasteiger partial charge < -0.3 is 14.9 Å². The van der Waals surface area contributed by atoms with Crippen LogP contribution in [0, 0.1) is 5.82 Å². The fourth-order valence-electron chi connectivity index (χ4n) is 3.78. The molecule has 7 heteroatoms. The van der Waals surface area contributed by atoms with Crippen molar-refractivity contribution in [1.29, 1.82) is 0 Å². The maximum Gasteiger partial charge on any atom is 0.295 e. The van der Waals surface area contributed by atoms with E-state index in [0.717, 1.165) is 13.1 Å². The Morgan fingerprint density at radius 1 is 1.13 bits per heavy atom. The second-order valence-electron chi connectivity index (χ2n) is 7.26. The van der Waals surface area contributed by atoms with Gasteiger partial charge in [0.05, 0.1) is 37.8 Å². The Labute approximate surface area is 180 Å². The maximum atomic E-state index is 13.3. The summed E-state index contributed by atoms with van der Waals surface area (Å²) < 4.78 is 13.3. The molecule has 1 atom stereocenters. The molecule has 1 heterocycles. The number of hydrogen-bond acceptors (Lipinski definition) is 3. The molecule has 0 saturated carbocycles. The quantitative estimate of drug-likeness (QED) is 0.402. The molecule has 0 spiro atoms. The van der Waals surface area contributed by atoms with Crippen molar-refractivity contribution in [3.05, 3.63) is 76.1 Å². The van der Waals surface area contributed by atoms with E-state index in [2.05, 4.69) is 13.8 Å². The molecule has 0 radical (unpaired) electrons. The average Bonchev–Trinajstić information content (AvgIpc) is 2.99. The second kappa shape index (κ2) is 9.41. The van der Waals surface area contributed by atoms with E-state index in [4.69, 9.17) is 11.6 Å². The third-order valence-corrected chi connectivity index (χ3v) is 5.76. The third kappa shape index (κ3) is 4.40. The number of amides is 1. The topological polar surface area (TPSA) is 62.0 Å². The van der Waals surface area contributed by atoms with E-state index in [0.29, 0.717) is 23.7 Å². The van der Waals surface area contributed by atoms with Gasteiger partial charge in [-0.25, -0.2) is 4.39 Å². The number of likely N-dealkylation sites (tertiary alicyclic amines) is 1. The maximum absolute atomic E-state index is 13.3. The predicted molar refractivity (Wildman–Crippen MR) is 114 cm³/mol. The summed E-state index contributed by atoms with van der Waals surface area (Å²) in [6.07, 6.45) is 0. The highest BCUT2D eigenvalue weighted by Gasteiger charge is 2.46. The van der Waals surface area contributed by atoms with Crippen LogP contribution in [0.5, 0.6) is 0 Å². The number of Topliss-reactive ketones (excluding diaryl/α,β-unsaturated/α-hetero) is 1. The molecule has 5 nitrogen and oxygen atoms in total. The molecule has 1 aliphatic rings. The van der Waals surface area contributed by atoms with Crippen molar-refractivity contribution in [2.24, 2.45) is 0 Å². The van der Waals surface area contributed by atoms with Crippen LogP contribution in [0.4, 0.5) is 4.39 Å². The van der Waals surface area contributed by atoms with Crippen LogP contribution in [0.2, 0.25) is 5.02 Å². The van der Waals surface area contributed by atoms with Crippen LogP contribution in [0.15, 0.2) is 54.1 Å². The molecule has 0 aliphatic carbocycles. The fraction of sp³-hybridized carbons (Fsp3) is 0.304. The van der Waals surface area contributed by atoms with Crippen LogP contribution in [-0.2, 0) is 9.59 Å². The number of quaternary nitrogens is 1. The first-order valence-corrected chi connectivity index (χ1v) is 10.4. The van der Waals surface area contributed by atoms with Crippen molar-refractivity contribution in [2.45, 2.75) is 19.9 Å². The molecular weight excluding hydrogens is 407 g/mol. The molecule has 3 rings (SSSR count). The molecule has 1 saturated heterocycles. The van der Waals surface area contributed by atoms with Gasteiger partial charge in [-0.3, -0.25) is 9.59 Å². The minimum atomic E-state index is -0.760. The zero-order valence-corrected chi connectivity index (χ0v) is 17.7. The van der Waals surface area contributed by atoms with Gasteiger partial charge >= 0.3 is 0 Å². The Morgan fingerprint density at radius 2 is 1.80 bits per heavy atom. The largest absolute Gasteiger partial charge is 0.507 e. The highest BCUT2D eigenvalue weighted by molar-refractivity contribution is 6.46. The molecule has 1 amide bonds. The first-order chi connectivity index (χ1) is 14.4. The number of nitrogens with zero attached hydrogens (tertiary/aromatic N) is 1. The summed E-state index contributed by atoms with van der Waals surface area (Å²) in [5.41, 5.74) is 0.902. The Hall–Kier alpha value is -2.70. The molecule has 158 valence electrons. The standard InChI is InChI=1S/C23H24ClFN2O3/c1-3-26(4-2)12-13-27-20(16-6-5-7-17(24)14-16)19(22(29)23(27)30)21(28)15-8-10-18(25)11-9-15/h5-11,14,20,28H,3-4,12-13H2,1-2H3/p+1/t20-/m0/s1. The van der Waals surface area contributed by atoms with E-state index in [1.165, 1.54) is 34.1 Å². The van der Waals surface area contributed by atoms with Gasteiger partial charge in [0.2, 0.25) is 0 Å². The zero-order chi connectivity index (χ0) is 21.8. The number of benzene rings is 2. The number of aliphatic hydroxyl groups is 1. The van der Waals surface area contributed by atoms with Crippen LogP contribution in [-0.4, -0.2) is 47.9 Å². The highest BCUT2D eigenvalue weighted by Crippen LogP contribution is 2.39. The number of carbonyl (C=O) groups excluding carboxylic acids is 2. The Bertz CT molecular complexity index is 971. The first-order valence-electron chi connectivity index (χ1n) is 10.0. The van der Waals surface area contributed by atoms with E-state index in [1.54, 1.807) is 24.3 Å². The monoisotopic (exact) mass is 431 g/mol. The van der Waals surface area contributed by atoms with Gasteiger partial charge in [0.1, 0.15) is 11.6 Å². The Balaban J connectivity index is 2.09. The summed E-state index contributed by atoms with van der Waals surface area (Å²) in [6, 6.07) is 11.3. The fourth-order valence-corrected chi connectivity index (χ4v) is 3.98. The highest BCUT2D eigenvalue weighted by atomic mass is 35.5. The van der Waals surface area contributed by atoms with Crippen molar-refractivity contribution < 1.29 is 24.0 Å². The molecule has 0 aromatic heterocycles. The van der Waals surface area contributed by atoms with Crippen molar-refractivity contribution in [2.75, 3.05) is 26.2 Å². The van der Waals surface area contributed by atoms with E-state index < -0.39 is 23.5 Å². The lowest BCUT2D eigenvalue weighted by Gasteiger charge is -2.27. The number of halogens is 2. The lowest BCUT2D eigenvalue weighted by atomic mass is 9.95. The van der Waals surface area contributed by atoms with Crippen LogP contribution in [0.3, 0.4) is 0 Å². The predicted octanol–water partition coefficient (Wildman–Crippen LogP) is 2.83. The number of ketones is 1. The molecule has 2 aromatic carbocycles. The van der Waals surface area contributed by atoms with E-state index in [9.17, 15) is 19.1 Å². The van der Waals surface area contributed by atoms with Crippen molar-refractivity contribution in [3.63, 3.8) is 0 Å². The summed E-state index contributed by atoms with van der Waals surface area (Å²) in [6.45, 7) is 6.97. The number of nitrogens with one attached hydrogen (secondary N) is 1. The van der Waals surface area contributed by atoms with Gasteiger partial charge in [0.25, 0.3) is 11.7 Å². The number of hydrogen-bond donors (Lipinski definition) is 2. The molecule has 30 heavy (non-hydrogen) atoms. The van der Waals surface area contributed by atoms with Crippen molar-refractivity contribution >= 4 is 29.1 Å². The van der Waals surface area contributed by atoms with Gasteiger partial charge in [-0.1, -0.05) is 23.7 Å². The van der Waals surface area contributed by atoms with Gasteiger partial charge in [-0.15, -0.1) is 0 Å².